The Hall–Kier alpha value is -0.476. The monoisotopic (exact) mass is 183 g/mol. The van der Waals surface area contributed by atoms with Crippen LogP contribution in [0.25, 0.3) is 0 Å². The first-order valence-corrected chi connectivity index (χ1v) is 2.48. The van der Waals surface area contributed by atoms with Crippen molar-refractivity contribution in [3.63, 3.8) is 0 Å². The number of carbonyl (C=O) groups is 2. The van der Waals surface area contributed by atoms with Crippen molar-refractivity contribution < 1.29 is 38.0 Å². The number of hydrogen-bond donors (Lipinski definition) is 1. The molecule has 0 saturated heterocycles. The molecule has 0 aliphatic carbocycles. The molecule has 0 atom stereocenters. The van der Waals surface area contributed by atoms with Crippen molar-refractivity contribution >= 4 is 11.9 Å². The molecule has 0 aliphatic heterocycles. The van der Waals surface area contributed by atoms with Gasteiger partial charge >= 0.3 is 11.9 Å². The second kappa shape index (κ2) is 6.64. The first-order chi connectivity index (χ1) is 4.13. The molecule has 0 bridgehead atoms. The molecular formula is C5H8O4V. The van der Waals surface area contributed by atoms with Crippen molar-refractivity contribution in [2.45, 2.75) is 13.3 Å². The SMILES string of the molecule is CC(=O)OCCC(=O)O.[V]. The molecule has 10 heavy (non-hydrogen) atoms. The van der Waals surface area contributed by atoms with Gasteiger partial charge in [-0.15, -0.1) is 0 Å². The first kappa shape index (κ1) is 12.2. The predicted octanol–water partition coefficient (Wildman–Crippen LogP) is 0.0217. The fourth-order valence-corrected chi connectivity index (χ4v) is 0.282. The molecule has 57 valence electrons. The summed E-state index contributed by atoms with van der Waals surface area (Å²) in [5.74, 6) is -1.41. The summed E-state index contributed by atoms with van der Waals surface area (Å²) in [6, 6.07) is 0. The fraction of sp³-hybridized carbons (Fsp3) is 0.600. The zero-order valence-corrected chi connectivity index (χ0v) is 6.93. The number of carbonyl (C=O) groups excluding carboxylic acids is 1. The van der Waals surface area contributed by atoms with E-state index in [0.29, 0.717) is 0 Å². The summed E-state index contributed by atoms with van der Waals surface area (Å²) in [7, 11) is 0. The molecule has 0 heterocycles. The van der Waals surface area contributed by atoms with E-state index < -0.39 is 11.9 Å². The number of ether oxygens (including phenoxy) is 1. The zero-order valence-electron chi connectivity index (χ0n) is 5.53. The van der Waals surface area contributed by atoms with E-state index in [1.165, 1.54) is 6.92 Å². The maximum absolute atomic E-state index is 10.0. The van der Waals surface area contributed by atoms with E-state index in [2.05, 4.69) is 4.74 Å². The molecule has 0 spiro atoms. The molecule has 0 amide bonds. The summed E-state index contributed by atoms with van der Waals surface area (Å²) in [5, 5.41) is 8.04. The normalized spacial score (nSPS) is 7.70. The standard InChI is InChI=1S/C5H8O4.V/c1-4(6)9-3-2-5(7)8;/h2-3H2,1H3,(H,7,8);. The predicted molar refractivity (Wildman–Crippen MR) is 28.9 cm³/mol. The number of carboxylic acids is 1. The molecule has 1 radical (unpaired) electrons. The summed E-state index contributed by atoms with van der Waals surface area (Å²) in [6.07, 6.45) is -0.125. The maximum Gasteiger partial charge on any atom is 0.306 e. The van der Waals surface area contributed by atoms with E-state index in [-0.39, 0.29) is 31.6 Å². The number of esters is 1. The van der Waals surface area contributed by atoms with E-state index in [1.54, 1.807) is 0 Å². The van der Waals surface area contributed by atoms with Crippen LogP contribution < -0.4 is 0 Å². The van der Waals surface area contributed by atoms with E-state index in [1.807, 2.05) is 0 Å². The van der Waals surface area contributed by atoms with Crippen molar-refractivity contribution in [3.05, 3.63) is 0 Å². The first-order valence-electron chi connectivity index (χ1n) is 2.48. The minimum absolute atomic E-state index is 0. The fourth-order valence-electron chi connectivity index (χ4n) is 0.282. The van der Waals surface area contributed by atoms with Gasteiger partial charge in [0.1, 0.15) is 6.61 Å². The van der Waals surface area contributed by atoms with Gasteiger partial charge in [0, 0.05) is 25.5 Å². The molecule has 1 N–H and O–H groups in total. The van der Waals surface area contributed by atoms with Gasteiger partial charge in [0.2, 0.25) is 0 Å². The molecule has 5 heteroatoms. The summed E-state index contributed by atoms with van der Waals surface area (Å²) >= 11 is 0. The van der Waals surface area contributed by atoms with Crippen LogP contribution in [0.3, 0.4) is 0 Å². The van der Waals surface area contributed by atoms with Gasteiger partial charge in [-0.1, -0.05) is 0 Å². The Balaban J connectivity index is 0. The van der Waals surface area contributed by atoms with Gasteiger partial charge in [0.15, 0.2) is 0 Å². The molecule has 0 aromatic heterocycles. The van der Waals surface area contributed by atoms with Gasteiger partial charge in [0.25, 0.3) is 0 Å². The second-order valence-electron chi connectivity index (χ2n) is 1.48. The van der Waals surface area contributed by atoms with Crippen LogP contribution in [0.2, 0.25) is 0 Å². The van der Waals surface area contributed by atoms with Crippen molar-refractivity contribution in [3.8, 4) is 0 Å². The molecule has 0 aromatic rings. The van der Waals surface area contributed by atoms with Gasteiger partial charge in [-0.25, -0.2) is 0 Å². The largest absolute Gasteiger partial charge is 0.481 e. The van der Waals surface area contributed by atoms with Gasteiger partial charge in [0.05, 0.1) is 6.42 Å². The van der Waals surface area contributed by atoms with Crippen LogP contribution in [0.4, 0.5) is 0 Å². The van der Waals surface area contributed by atoms with E-state index >= 15 is 0 Å². The molecule has 0 saturated carbocycles. The molecule has 0 aromatic carbocycles. The van der Waals surface area contributed by atoms with Crippen LogP contribution in [-0.4, -0.2) is 23.7 Å². The quantitative estimate of drug-likeness (QED) is 0.626. The van der Waals surface area contributed by atoms with Crippen molar-refractivity contribution in [2.75, 3.05) is 6.61 Å². The molecule has 0 unspecified atom stereocenters. The van der Waals surface area contributed by atoms with E-state index in [0.717, 1.165) is 0 Å². The summed E-state index contributed by atoms with van der Waals surface area (Å²) < 4.78 is 4.33. The Morgan fingerprint density at radius 2 is 2.00 bits per heavy atom. The van der Waals surface area contributed by atoms with Crippen LogP contribution in [0.15, 0.2) is 0 Å². The van der Waals surface area contributed by atoms with Crippen molar-refractivity contribution in [2.24, 2.45) is 0 Å². The Labute approximate surface area is 70.4 Å². The van der Waals surface area contributed by atoms with Crippen LogP contribution >= 0.6 is 0 Å². The Morgan fingerprint density at radius 1 is 1.50 bits per heavy atom. The topological polar surface area (TPSA) is 63.6 Å². The van der Waals surface area contributed by atoms with Crippen molar-refractivity contribution in [1.29, 1.82) is 0 Å². The van der Waals surface area contributed by atoms with E-state index in [9.17, 15) is 9.59 Å². The minimum Gasteiger partial charge on any atom is -0.481 e. The maximum atomic E-state index is 10.0. The van der Waals surface area contributed by atoms with Crippen LogP contribution in [0.5, 0.6) is 0 Å². The van der Waals surface area contributed by atoms with Gasteiger partial charge < -0.3 is 9.84 Å². The molecular weight excluding hydrogens is 175 g/mol. The number of carboxylic acid groups (broad SMARTS) is 1. The van der Waals surface area contributed by atoms with Gasteiger partial charge in [-0.3, -0.25) is 9.59 Å². The Morgan fingerprint density at radius 3 is 2.30 bits per heavy atom. The molecule has 4 nitrogen and oxygen atoms in total. The van der Waals surface area contributed by atoms with Gasteiger partial charge in [-0.05, 0) is 0 Å². The third-order valence-corrected chi connectivity index (χ3v) is 0.621. The zero-order chi connectivity index (χ0) is 7.28. The third-order valence-electron chi connectivity index (χ3n) is 0.621. The second-order valence-corrected chi connectivity index (χ2v) is 1.48. The third kappa shape index (κ3) is 10.5. The Bertz CT molecular complexity index is 109. The summed E-state index contributed by atoms with van der Waals surface area (Å²) in [6.45, 7) is 1.20. The van der Waals surface area contributed by atoms with Crippen LogP contribution in [0.1, 0.15) is 13.3 Å². The summed E-state index contributed by atoms with van der Waals surface area (Å²) in [5.41, 5.74) is 0. The molecule has 0 aliphatic rings. The minimum atomic E-state index is -0.962. The summed E-state index contributed by atoms with van der Waals surface area (Å²) in [4.78, 5) is 19.8. The average molecular weight is 183 g/mol. The van der Waals surface area contributed by atoms with Crippen LogP contribution in [0, 0.1) is 0 Å². The average Bonchev–Trinajstić information content (AvgIpc) is 1.63. The number of rotatable bonds is 3. The van der Waals surface area contributed by atoms with Crippen LogP contribution in [-0.2, 0) is 32.9 Å². The Kier molecular flexibility index (Phi) is 8.12. The number of aliphatic carboxylic acids is 1. The van der Waals surface area contributed by atoms with Crippen molar-refractivity contribution in [1.82, 2.24) is 0 Å². The van der Waals surface area contributed by atoms with E-state index in [4.69, 9.17) is 5.11 Å². The molecule has 0 rings (SSSR count). The van der Waals surface area contributed by atoms with Gasteiger partial charge in [-0.2, -0.15) is 0 Å². The molecule has 0 fully saturated rings. The smallest absolute Gasteiger partial charge is 0.306 e. The number of hydrogen-bond acceptors (Lipinski definition) is 3.